The lowest BCUT2D eigenvalue weighted by Gasteiger charge is -2.39. The summed E-state index contributed by atoms with van der Waals surface area (Å²) in [6, 6.07) is 8.92. The van der Waals surface area contributed by atoms with Gasteiger partial charge in [0.2, 0.25) is 0 Å². The molecule has 0 spiro atoms. The van der Waals surface area contributed by atoms with Crippen LogP contribution in [0.1, 0.15) is 48.5 Å². The van der Waals surface area contributed by atoms with Gasteiger partial charge in [0.05, 0.1) is 17.2 Å². The zero-order valence-corrected chi connectivity index (χ0v) is 13.2. The van der Waals surface area contributed by atoms with Crippen LogP contribution >= 0.6 is 15.9 Å². The highest BCUT2D eigenvalue weighted by Crippen LogP contribution is 2.33. The van der Waals surface area contributed by atoms with Crippen LogP contribution in [0.4, 0.5) is 0 Å². The molecule has 0 radical (unpaired) electrons. The van der Waals surface area contributed by atoms with E-state index in [-0.39, 0.29) is 11.4 Å². The number of rotatable bonds is 3. The Labute approximate surface area is 128 Å². The van der Waals surface area contributed by atoms with Gasteiger partial charge in [-0.15, -0.1) is 0 Å². The van der Waals surface area contributed by atoms with E-state index in [0.29, 0.717) is 17.0 Å². The number of hydrogen-bond donors (Lipinski definition) is 1. The number of nitrogens with zero attached hydrogens (tertiary/aromatic N) is 1. The summed E-state index contributed by atoms with van der Waals surface area (Å²) < 4.78 is 0. The van der Waals surface area contributed by atoms with E-state index < -0.39 is 0 Å². The lowest BCUT2D eigenvalue weighted by molar-refractivity contribution is 0.0869. The molecule has 1 aliphatic rings. The Bertz CT molecular complexity index is 538. The highest BCUT2D eigenvalue weighted by atomic mass is 79.9. The van der Waals surface area contributed by atoms with E-state index in [1.165, 1.54) is 6.42 Å². The van der Waals surface area contributed by atoms with Gasteiger partial charge >= 0.3 is 0 Å². The highest BCUT2D eigenvalue weighted by Gasteiger charge is 2.35. The van der Waals surface area contributed by atoms with Gasteiger partial charge in [-0.05, 0) is 37.0 Å². The van der Waals surface area contributed by atoms with Crippen molar-refractivity contribution in [1.29, 1.82) is 5.26 Å². The van der Waals surface area contributed by atoms with Gasteiger partial charge in [-0.2, -0.15) is 5.26 Å². The van der Waals surface area contributed by atoms with Gasteiger partial charge in [-0.1, -0.05) is 41.8 Å². The number of alkyl halides is 1. The molecule has 106 valence electrons. The van der Waals surface area contributed by atoms with Gasteiger partial charge < -0.3 is 5.32 Å². The van der Waals surface area contributed by atoms with Crippen molar-refractivity contribution in [3.05, 3.63) is 35.4 Å². The van der Waals surface area contributed by atoms with Gasteiger partial charge in [0.25, 0.3) is 5.91 Å². The molecule has 0 saturated heterocycles. The number of amides is 1. The number of nitrogens with one attached hydrogen (secondary N) is 1. The Kier molecular flexibility index (Phi) is 4.82. The Morgan fingerprint density at radius 1 is 1.60 bits per heavy atom. The van der Waals surface area contributed by atoms with Gasteiger partial charge in [-0.25, -0.2) is 0 Å². The topological polar surface area (TPSA) is 52.9 Å². The monoisotopic (exact) mass is 334 g/mol. The molecule has 1 aromatic rings. The van der Waals surface area contributed by atoms with E-state index in [1.54, 1.807) is 24.3 Å². The predicted molar refractivity (Wildman–Crippen MR) is 82.8 cm³/mol. The molecule has 0 aromatic heterocycles. The van der Waals surface area contributed by atoms with Crippen LogP contribution in [0.5, 0.6) is 0 Å². The second-order valence-electron chi connectivity index (χ2n) is 5.76. The van der Waals surface area contributed by atoms with Crippen molar-refractivity contribution in [1.82, 2.24) is 5.32 Å². The minimum Gasteiger partial charge on any atom is -0.346 e. The number of hydrogen-bond acceptors (Lipinski definition) is 2. The summed E-state index contributed by atoms with van der Waals surface area (Å²) in [6.45, 7) is 2.24. The minimum absolute atomic E-state index is 0.0874. The molecule has 0 heterocycles. The average Bonchev–Trinajstić information content (AvgIpc) is 2.47. The number of carbonyl (C=O) groups excluding carboxylic acids is 1. The van der Waals surface area contributed by atoms with Crippen LogP contribution in [0, 0.1) is 17.2 Å². The molecule has 1 saturated carbocycles. The lowest BCUT2D eigenvalue weighted by atomic mass is 9.77. The van der Waals surface area contributed by atoms with Gasteiger partial charge in [0, 0.05) is 10.9 Å². The molecule has 1 aliphatic carbocycles. The first-order chi connectivity index (χ1) is 9.58. The van der Waals surface area contributed by atoms with Crippen molar-refractivity contribution in [3.8, 4) is 6.07 Å². The quantitative estimate of drug-likeness (QED) is 0.858. The summed E-state index contributed by atoms with van der Waals surface area (Å²) in [7, 11) is 0. The predicted octanol–water partition coefficient (Wildman–Crippen LogP) is 3.63. The number of carbonyl (C=O) groups is 1. The van der Waals surface area contributed by atoms with Crippen LogP contribution in [-0.2, 0) is 0 Å². The third-order valence-electron chi connectivity index (χ3n) is 3.98. The Morgan fingerprint density at radius 2 is 2.40 bits per heavy atom. The van der Waals surface area contributed by atoms with Crippen LogP contribution < -0.4 is 5.32 Å². The van der Waals surface area contributed by atoms with Crippen molar-refractivity contribution < 1.29 is 4.79 Å². The molecular formula is C16H19BrN2O. The number of halogens is 1. The number of benzene rings is 1. The maximum atomic E-state index is 12.4. The normalized spacial score (nSPS) is 25.8. The Hall–Kier alpha value is -1.34. The fourth-order valence-corrected chi connectivity index (χ4v) is 3.62. The smallest absolute Gasteiger partial charge is 0.251 e. The SMILES string of the molecule is CC1CCCC(CBr)(NC(=O)c2cccc(C#N)c2)C1. The zero-order valence-electron chi connectivity index (χ0n) is 11.7. The third-order valence-corrected chi connectivity index (χ3v) is 5.05. The largest absolute Gasteiger partial charge is 0.346 e. The lowest BCUT2D eigenvalue weighted by Crippen LogP contribution is -2.52. The maximum absolute atomic E-state index is 12.4. The molecule has 2 unspecified atom stereocenters. The molecule has 4 heteroatoms. The molecule has 0 aliphatic heterocycles. The second-order valence-corrected chi connectivity index (χ2v) is 6.32. The van der Waals surface area contributed by atoms with E-state index in [9.17, 15) is 4.79 Å². The summed E-state index contributed by atoms with van der Waals surface area (Å²) in [4.78, 5) is 12.4. The first-order valence-electron chi connectivity index (χ1n) is 6.97. The molecule has 1 aromatic carbocycles. The fourth-order valence-electron chi connectivity index (χ4n) is 2.97. The third kappa shape index (κ3) is 3.40. The van der Waals surface area contributed by atoms with E-state index in [4.69, 9.17) is 5.26 Å². The molecule has 2 rings (SSSR count). The fraction of sp³-hybridized carbons (Fsp3) is 0.500. The summed E-state index contributed by atoms with van der Waals surface area (Å²) >= 11 is 3.56. The molecule has 3 nitrogen and oxygen atoms in total. The molecular weight excluding hydrogens is 316 g/mol. The van der Waals surface area contributed by atoms with E-state index >= 15 is 0 Å². The average molecular weight is 335 g/mol. The second kappa shape index (κ2) is 6.41. The van der Waals surface area contributed by atoms with Crippen molar-refractivity contribution in [3.63, 3.8) is 0 Å². The molecule has 0 bridgehead atoms. The van der Waals surface area contributed by atoms with Crippen molar-refractivity contribution in [2.45, 2.75) is 38.1 Å². The minimum atomic E-state index is -0.155. The van der Waals surface area contributed by atoms with Gasteiger partial charge in [-0.3, -0.25) is 4.79 Å². The molecule has 1 amide bonds. The van der Waals surface area contributed by atoms with Crippen molar-refractivity contribution in [2.24, 2.45) is 5.92 Å². The molecule has 2 atom stereocenters. The first-order valence-corrected chi connectivity index (χ1v) is 8.09. The van der Waals surface area contributed by atoms with E-state index in [2.05, 4.69) is 34.2 Å². The van der Waals surface area contributed by atoms with Crippen LogP contribution in [0.2, 0.25) is 0 Å². The van der Waals surface area contributed by atoms with Crippen LogP contribution in [0.25, 0.3) is 0 Å². The van der Waals surface area contributed by atoms with Gasteiger partial charge in [0.15, 0.2) is 0 Å². The van der Waals surface area contributed by atoms with Crippen LogP contribution in [0.15, 0.2) is 24.3 Å². The first kappa shape index (κ1) is 15.1. The van der Waals surface area contributed by atoms with Crippen LogP contribution in [-0.4, -0.2) is 16.8 Å². The van der Waals surface area contributed by atoms with E-state index in [0.717, 1.165) is 24.6 Å². The summed E-state index contributed by atoms with van der Waals surface area (Å²) in [5.74, 6) is 0.544. The standard InChI is InChI=1S/C16H19BrN2O/c1-12-4-3-7-16(9-12,11-17)19-15(20)14-6-2-5-13(8-14)10-18/h2,5-6,8,12H,3-4,7,9,11H2,1H3,(H,19,20). The molecule has 20 heavy (non-hydrogen) atoms. The maximum Gasteiger partial charge on any atom is 0.251 e. The highest BCUT2D eigenvalue weighted by molar-refractivity contribution is 9.09. The van der Waals surface area contributed by atoms with Gasteiger partial charge in [0.1, 0.15) is 0 Å². The van der Waals surface area contributed by atoms with Crippen LogP contribution in [0.3, 0.4) is 0 Å². The van der Waals surface area contributed by atoms with Crippen molar-refractivity contribution >= 4 is 21.8 Å². The Balaban J connectivity index is 2.14. The summed E-state index contributed by atoms with van der Waals surface area (Å²) in [6.07, 6.45) is 4.38. The number of nitriles is 1. The summed E-state index contributed by atoms with van der Waals surface area (Å²) in [5, 5.41) is 12.9. The molecule has 1 N–H and O–H groups in total. The van der Waals surface area contributed by atoms with Crippen molar-refractivity contribution in [2.75, 3.05) is 5.33 Å². The summed E-state index contributed by atoms with van der Waals surface area (Å²) in [5.41, 5.74) is 0.919. The zero-order chi connectivity index (χ0) is 14.6. The van der Waals surface area contributed by atoms with E-state index in [1.807, 2.05) is 0 Å². The Morgan fingerprint density at radius 3 is 3.05 bits per heavy atom. The molecule has 1 fully saturated rings.